The summed E-state index contributed by atoms with van der Waals surface area (Å²) >= 11 is 1.80. The largest absolute Gasteiger partial charge is 0.338 e. The third-order valence-corrected chi connectivity index (χ3v) is 4.88. The van der Waals surface area contributed by atoms with Gasteiger partial charge in [0.05, 0.1) is 0 Å². The van der Waals surface area contributed by atoms with Gasteiger partial charge in [0.15, 0.2) is 0 Å². The van der Waals surface area contributed by atoms with Gasteiger partial charge in [-0.15, -0.1) is 11.8 Å². The second kappa shape index (κ2) is 8.44. The highest BCUT2D eigenvalue weighted by Gasteiger charge is 2.26. The predicted octanol–water partition coefficient (Wildman–Crippen LogP) is 2.73. The quantitative estimate of drug-likeness (QED) is 0.792. The van der Waals surface area contributed by atoms with Gasteiger partial charge in [-0.25, -0.2) is 4.79 Å². The summed E-state index contributed by atoms with van der Waals surface area (Å²) in [6.07, 6.45) is 4.18. The SMILES string of the molecule is CCNC(=O)N1CC[C@H](N[C@@H](C)Cc2ccccc2SC)C1. The van der Waals surface area contributed by atoms with Gasteiger partial charge in [0.25, 0.3) is 0 Å². The molecule has 1 aromatic rings. The van der Waals surface area contributed by atoms with Crippen LogP contribution in [-0.4, -0.2) is 48.9 Å². The molecule has 2 N–H and O–H groups in total. The second-order valence-electron chi connectivity index (χ2n) is 5.85. The molecule has 22 heavy (non-hydrogen) atoms. The van der Waals surface area contributed by atoms with E-state index in [1.165, 1.54) is 10.5 Å². The van der Waals surface area contributed by atoms with Gasteiger partial charge in [0, 0.05) is 36.6 Å². The van der Waals surface area contributed by atoms with Crippen LogP contribution in [0.25, 0.3) is 0 Å². The van der Waals surface area contributed by atoms with Crippen molar-refractivity contribution in [2.24, 2.45) is 0 Å². The first kappa shape index (κ1) is 17.2. The van der Waals surface area contributed by atoms with Crippen LogP contribution in [0.2, 0.25) is 0 Å². The Morgan fingerprint density at radius 2 is 2.23 bits per heavy atom. The molecule has 1 aliphatic heterocycles. The molecule has 2 amide bonds. The van der Waals surface area contributed by atoms with Crippen molar-refractivity contribution in [1.29, 1.82) is 0 Å². The van der Waals surface area contributed by atoms with Crippen molar-refractivity contribution in [3.8, 4) is 0 Å². The maximum atomic E-state index is 11.8. The number of nitrogens with zero attached hydrogens (tertiary/aromatic N) is 1. The monoisotopic (exact) mass is 321 g/mol. The number of hydrogen-bond acceptors (Lipinski definition) is 3. The molecule has 4 nitrogen and oxygen atoms in total. The summed E-state index contributed by atoms with van der Waals surface area (Å²) in [6, 6.07) is 9.46. The zero-order chi connectivity index (χ0) is 15.9. The average molecular weight is 321 g/mol. The van der Waals surface area contributed by atoms with Crippen LogP contribution in [0.3, 0.4) is 0 Å². The van der Waals surface area contributed by atoms with E-state index in [1.807, 2.05) is 11.8 Å². The number of rotatable bonds is 6. The Kier molecular flexibility index (Phi) is 6.58. The first-order chi connectivity index (χ1) is 10.6. The Hall–Kier alpha value is -1.20. The number of carbonyl (C=O) groups excluding carboxylic acids is 1. The molecule has 122 valence electrons. The first-order valence-corrected chi connectivity index (χ1v) is 9.27. The van der Waals surface area contributed by atoms with Gasteiger partial charge in [0.2, 0.25) is 0 Å². The molecule has 0 bridgehead atoms. The van der Waals surface area contributed by atoms with Crippen molar-refractivity contribution in [2.45, 2.75) is 43.7 Å². The second-order valence-corrected chi connectivity index (χ2v) is 6.70. The lowest BCUT2D eigenvalue weighted by Gasteiger charge is -2.21. The maximum Gasteiger partial charge on any atom is 0.317 e. The van der Waals surface area contributed by atoms with E-state index < -0.39 is 0 Å². The van der Waals surface area contributed by atoms with Crippen molar-refractivity contribution < 1.29 is 4.79 Å². The fraction of sp³-hybridized carbons (Fsp3) is 0.588. The number of urea groups is 1. The molecule has 5 heteroatoms. The Balaban J connectivity index is 1.83. The number of benzene rings is 1. The molecule has 0 saturated carbocycles. The summed E-state index contributed by atoms with van der Waals surface area (Å²) < 4.78 is 0. The highest BCUT2D eigenvalue weighted by atomic mass is 32.2. The molecule has 0 aromatic heterocycles. The van der Waals surface area contributed by atoms with Gasteiger partial charge in [-0.1, -0.05) is 18.2 Å². The lowest BCUT2D eigenvalue weighted by molar-refractivity contribution is 0.208. The number of nitrogens with one attached hydrogen (secondary N) is 2. The minimum Gasteiger partial charge on any atom is -0.338 e. The molecule has 0 radical (unpaired) electrons. The van der Waals surface area contributed by atoms with Gasteiger partial charge in [-0.05, 0) is 44.6 Å². The summed E-state index contributed by atoms with van der Waals surface area (Å²) in [6.45, 7) is 6.52. The van der Waals surface area contributed by atoms with Crippen LogP contribution in [0.5, 0.6) is 0 Å². The lowest BCUT2D eigenvalue weighted by atomic mass is 10.1. The zero-order valence-electron chi connectivity index (χ0n) is 13.8. The molecule has 1 aliphatic rings. The fourth-order valence-corrected chi connectivity index (χ4v) is 3.63. The molecular formula is C17H27N3OS. The van der Waals surface area contributed by atoms with Gasteiger partial charge in [0.1, 0.15) is 0 Å². The van der Waals surface area contributed by atoms with E-state index >= 15 is 0 Å². The number of likely N-dealkylation sites (tertiary alicyclic amines) is 1. The molecule has 2 rings (SSSR count). The van der Waals surface area contributed by atoms with Crippen LogP contribution < -0.4 is 10.6 Å². The lowest BCUT2D eigenvalue weighted by Crippen LogP contribution is -2.43. The molecule has 1 heterocycles. The topological polar surface area (TPSA) is 44.4 Å². The van der Waals surface area contributed by atoms with Crippen molar-refractivity contribution in [3.05, 3.63) is 29.8 Å². The van der Waals surface area contributed by atoms with E-state index in [0.717, 1.165) is 25.9 Å². The molecule has 1 fully saturated rings. The van der Waals surface area contributed by atoms with E-state index in [9.17, 15) is 4.79 Å². The Morgan fingerprint density at radius 3 is 2.95 bits per heavy atom. The number of hydrogen-bond donors (Lipinski definition) is 2. The van der Waals surface area contributed by atoms with E-state index in [1.54, 1.807) is 11.8 Å². The summed E-state index contributed by atoms with van der Waals surface area (Å²) in [7, 11) is 0. The van der Waals surface area contributed by atoms with E-state index in [2.05, 4.69) is 48.1 Å². The number of thioether (sulfide) groups is 1. The van der Waals surface area contributed by atoms with Gasteiger partial charge >= 0.3 is 6.03 Å². The van der Waals surface area contributed by atoms with Crippen molar-refractivity contribution in [3.63, 3.8) is 0 Å². The third-order valence-electron chi connectivity index (χ3n) is 4.04. The van der Waals surface area contributed by atoms with Crippen molar-refractivity contribution in [1.82, 2.24) is 15.5 Å². The van der Waals surface area contributed by atoms with E-state index in [4.69, 9.17) is 0 Å². The van der Waals surface area contributed by atoms with Crippen LogP contribution in [0.1, 0.15) is 25.8 Å². The normalized spacial score (nSPS) is 19.2. The average Bonchev–Trinajstić information content (AvgIpc) is 2.96. The van der Waals surface area contributed by atoms with Gasteiger partial charge in [-0.3, -0.25) is 0 Å². The van der Waals surface area contributed by atoms with Crippen molar-refractivity contribution >= 4 is 17.8 Å². The molecule has 0 aliphatic carbocycles. The zero-order valence-corrected chi connectivity index (χ0v) is 14.6. The first-order valence-electron chi connectivity index (χ1n) is 8.04. The maximum absolute atomic E-state index is 11.8. The fourth-order valence-electron chi connectivity index (χ4n) is 3.01. The highest BCUT2D eigenvalue weighted by Crippen LogP contribution is 2.21. The van der Waals surface area contributed by atoms with Gasteiger partial charge < -0.3 is 15.5 Å². The van der Waals surface area contributed by atoms with Crippen molar-refractivity contribution in [2.75, 3.05) is 25.9 Å². The number of carbonyl (C=O) groups is 1. The third kappa shape index (κ3) is 4.65. The smallest absolute Gasteiger partial charge is 0.317 e. The van der Waals surface area contributed by atoms with Crippen LogP contribution >= 0.6 is 11.8 Å². The van der Waals surface area contributed by atoms with Crippen LogP contribution in [0, 0.1) is 0 Å². The van der Waals surface area contributed by atoms with E-state index in [0.29, 0.717) is 18.6 Å². The summed E-state index contributed by atoms with van der Waals surface area (Å²) in [5, 5.41) is 6.55. The summed E-state index contributed by atoms with van der Waals surface area (Å²) in [4.78, 5) is 15.1. The minimum atomic E-state index is 0.0622. The minimum absolute atomic E-state index is 0.0622. The summed E-state index contributed by atoms with van der Waals surface area (Å²) in [5.41, 5.74) is 1.40. The molecule has 2 atom stereocenters. The molecule has 0 spiro atoms. The van der Waals surface area contributed by atoms with Gasteiger partial charge in [-0.2, -0.15) is 0 Å². The molecule has 0 unspecified atom stereocenters. The Labute approximate surface area is 138 Å². The Morgan fingerprint density at radius 1 is 1.45 bits per heavy atom. The highest BCUT2D eigenvalue weighted by molar-refractivity contribution is 7.98. The van der Waals surface area contributed by atoms with Crippen LogP contribution in [0.15, 0.2) is 29.2 Å². The molecule has 1 saturated heterocycles. The van der Waals surface area contributed by atoms with E-state index in [-0.39, 0.29) is 6.03 Å². The molecule has 1 aromatic carbocycles. The Bertz CT molecular complexity index is 495. The predicted molar refractivity (Wildman–Crippen MR) is 93.6 cm³/mol. The number of amides is 2. The van der Waals surface area contributed by atoms with Crippen LogP contribution in [-0.2, 0) is 6.42 Å². The standard InChI is InChI=1S/C17H27N3OS/c1-4-18-17(21)20-10-9-15(12-20)19-13(2)11-14-7-5-6-8-16(14)22-3/h5-8,13,15,19H,4,9-12H2,1-3H3,(H,18,21)/t13-,15-/m0/s1. The molecular weight excluding hydrogens is 294 g/mol. The summed E-state index contributed by atoms with van der Waals surface area (Å²) in [5.74, 6) is 0. The van der Waals surface area contributed by atoms with Crippen LogP contribution in [0.4, 0.5) is 4.79 Å².